The minimum atomic E-state index is -0.325. The van der Waals surface area contributed by atoms with Gasteiger partial charge in [-0.3, -0.25) is 4.79 Å². The van der Waals surface area contributed by atoms with Crippen molar-refractivity contribution in [2.45, 2.75) is 13.8 Å². The molecule has 30 heavy (non-hydrogen) atoms. The van der Waals surface area contributed by atoms with Crippen LogP contribution in [0.4, 0.5) is 5.69 Å². The van der Waals surface area contributed by atoms with Crippen LogP contribution in [0.25, 0.3) is 22.4 Å². The molecule has 0 saturated carbocycles. The zero-order chi connectivity index (χ0) is 21.3. The lowest BCUT2D eigenvalue weighted by Crippen LogP contribution is -2.14. The maximum absolute atomic E-state index is 13.3. The number of carbonyl (C=O) groups is 1. The van der Waals surface area contributed by atoms with E-state index in [1.54, 1.807) is 45.4 Å². The molecule has 0 aliphatic heterocycles. The first-order valence-corrected chi connectivity index (χ1v) is 9.37. The third-order valence-corrected chi connectivity index (χ3v) is 4.86. The summed E-state index contributed by atoms with van der Waals surface area (Å²) >= 11 is 0. The highest BCUT2D eigenvalue weighted by molar-refractivity contribution is 6.13. The van der Waals surface area contributed by atoms with Crippen molar-refractivity contribution >= 4 is 22.7 Å². The Balaban J connectivity index is 1.80. The van der Waals surface area contributed by atoms with Gasteiger partial charge in [-0.2, -0.15) is 0 Å². The fourth-order valence-electron chi connectivity index (χ4n) is 3.25. The summed E-state index contributed by atoms with van der Waals surface area (Å²) in [5.74, 6) is 0.802. The van der Waals surface area contributed by atoms with E-state index < -0.39 is 0 Å². The van der Waals surface area contributed by atoms with Crippen LogP contribution in [0.3, 0.4) is 0 Å². The van der Waals surface area contributed by atoms with Crippen LogP contribution >= 0.6 is 0 Å². The highest BCUT2D eigenvalue weighted by Gasteiger charge is 2.20. The topological polar surface area (TPSA) is 86.5 Å². The van der Waals surface area contributed by atoms with Crippen LogP contribution in [0.15, 0.2) is 53.1 Å². The average molecular weight is 403 g/mol. The van der Waals surface area contributed by atoms with Gasteiger partial charge in [-0.05, 0) is 32.0 Å². The molecule has 4 aromatic rings. The number of nitrogens with one attached hydrogen (secondary N) is 1. The molecule has 1 amide bonds. The number of nitrogens with zero attached hydrogens (tertiary/aromatic N) is 2. The second-order valence-electron chi connectivity index (χ2n) is 6.89. The van der Waals surface area contributed by atoms with Crippen LogP contribution in [0.5, 0.6) is 11.5 Å². The highest BCUT2D eigenvalue weighted by atomic mass is 16.5. The SMILES string of the molecule is COc1ccc(OC)c(NC(=O)c2cc(-c3ccc(C)cc3)nc3onc(C)c23)c1. The van der Waals surface area contributed by atoms with Gasteiger partial charge in [-0.25, -0.2) is 4.98 Å². The first-order chi connectivity index (χ1) is 14.5. The van der Waals surface area contributed by atoms with Crippen molar-refractivity contribution in [2.24, 2.45) is 0 Å². The number of rotatable bonds is 5. The first kappa shape index (κ1) is 19.4. The molecule has 0 aliphatic carbocycles. The van der Waals surface area contributed by atoms with E-state index in [0.717, 1.165) is 11.1 Å². The van der Waals surface area contributed by atoms with Crippen LogP contribution < -0.4 is 14.8 Å². The van der Waals surface area contributed by atoms with E-state index in [9.17, 15) is 4.79 Å². The lowest BCUT2D eigenvalue weighted by Gasteiger charge is -2.13. The number of amides is 1. The molecule has 1 N–H and O–H groups in total. The Kier molecular flexibility index (Phi) is 5.10. The van der Waals surface area contributed by atoms with E-state index in [2.05, 4.69) is 15.5 Å². The number of hydrogen-bond acceptors (Lipinski definition) is 6. The Bertz CT molecular complexity index is 1230. The molecule has 0 aliphatic rings. The normalized spacial score (nSPS) is 10.8. The second-order valence-corrected chi connectivity index (χ2v) is 6.89. The van der Waals surface area contributed by atoms with E-state index in [-0.39, 0.29) is 5.91 Å². The summed E-state index contributed by atoms with van der Waals surface area (Å²) in [5, 5.41) is 7.48. The number of aromatic nitrogens is 2. The molecule has 0 saturated heterocycles. The van der Waals surface area contributed by atoms with Gasteiger partial charge in [0.05, 0.1) is 42.2 Å². The zero-order valence-electron chi connectivity index (χ0n) is 17.1. The molecule has 2 heterocycles. The minimum absolute atomic E-state index is 0.313. The molecule has 7 nitrogen and oxygen atoms in total. The summed E-state index contributed by atoms with van der Waals surface area (Å²) < 4.78 is 16.0. The molecule has 0 radical (unpaired) electrons. The summed E-state index contributed by atoms with van der Waals surface area (Å²) in [7, 11) is 3.11. The van der Waals surface area contributed by atoms with Crippen molar-refractivity contribution in [1.29, 1.82) is 0 Å². The third kappa shape index (κ3) is 3.57. The zero-order valence-corrected chi connectivity index (χ0v) is 17.1. The quantitative estimate of drug-likeness (QED) is 0.516. The Morgan fingerprint density at radius 1 is 1.00 bits per heavy atom. The van der Waals surface area contributed by atoms with Crippen molar-refractivity contribution in [2.75, 3.05) is 19.5 Å². The molecule has 0 bridgehead atoms. The minimum Gasteiger partial charge on any atom is -0.497 e. The maximum atomic E-state index is 13.3. The van der Waals surface area contributed by atoms with E-state index in [1.165, 1.54) is 0 Å². The predicted molar refractivity (Wildman–Crippen MR) is 114 cm³/mol. The lowest BCUT2D eigenvalue weighted by molar-refractivity contribution is 0.102. The van der Waals surface area contributed by atoms with Gasteiger partial charge in [0.1, 0.15) is 11.5 Å². The predicted octanol–water partition coefficient (Wildman–Crippen LogP) is 4.78. The van der Waals surface area contributed by atoms with Crippen LogP contribution in [0.2, 0.25) is 0 Å². The highest BCUT2D eigenvalue weighted by Crippen LogP contribution is 2.31. The number of hydrogen-bond donors (Lipinski definition) is 1. The van der Waals surface area contributed by atoms with E-state index >= 15 is 0 Å². The number of carbonyl (C=O) groups excluding carboxylic acids is 1. The van der Waals surface area contributed by atoms with Gasteiger partial charge < -0.3 is 19.3 Å². The van der Waals surface area contributed by atoms with Gasteiger partial charge in [0.25, 0.3) is 11.6 Å². The third-order valence-electron chi connectivity index (χ3n) is 4.86. The molecule has 0 atom stereocenters. The first-order valence-electron chi connectivity index (χ1n) is 9.37. The molecule has 4 rings (SSSR count). The van der Waals surface area contributed by atoms with Crippen molar-refractivity contribution in [3.63, 3.8) is 0 Å². The van der Waals surface area contributed by atoms with Gasteiger partial charge in [0.2, 0.25) is 0 Å². The van der Waals surface area contributed by atoms with Gasteiger partial charge >= 0.3 is 0 Å². The van der Waals surface area contributed by atoms with Crippen LogP contribution in [0, 0.1) is 13.8 Å². The molecule has 7 heteroatoms. The van der Waals surface area contributed by atoms with E-state index in [4.69, 9.17) is 14.0 Å². The Morgan fingerprint density at radius 3 is 2.47 bits per heavy atom. The summed E-state index contributed by atoms with van der Waals surface area (Å²) in [6.45, 7) is 3.79. The molecule has 152 valence electrons. The lowest BCUT2D eigenvalue weighted by atomic mass is 10.0. The number of pyridine rings is 1. The Morgan fingerprint density at radius 2 is 1.77 bits per heavy atom. The van der Waals surface area contributed by atoms with Crippen LogP contribution in [-0.2, 0) is 0 Å². The number of anilines is 1. The van der Waals surface area contributed by atoms with Crippen molar-refractivity contribution in [1.82, 2.24) is 10.1 Å². The number of benzene rings is 2. The summed E-state index contributed by atoms with van der Waals surface area (Å²) in [6.07, 6.45) is 0. The van der Waals surface area contributed by atoms with Gasteiger partial charge in [-0.1, -0.05) is 35.0 Å². The number of aryl methyl sites for hydroxylation is 2. The van der Waals surface area contributed by atoms with Crippen molar-refractivity contribution in [3.05, 3.63) is 65.4 Å². The molecule has 2 aromatic heterocycles. The smallest absolute Gasteiger partial charge is 0.259 e. The molecule has 0 unspecified atom stereocenters. The van der Waals surface area contributed by atoms with E-state index in [0.29, 0.717) is 45.2 Å². The number of fused-ring (bicyclic) bond motifs is 1. The van der Waals surface area contributed by atoms with Crippen LogP contribution in [-0.4, -0.2) is 30.3 Å². The number of ether oxygens (including phenoxy) is 2. The Hall–Kier alpha value is -3.87. The fourth-order valence-corrected chi connectivity index (χ4v) is 3.25. The van der Waals surface area contributed by atoms with Crippen LogP contribution in [0.1, 0.15) is 21.6 Å². The Labute approximate surface area is 173 Å². The number of methoxy groups -OCH3 is 2. The summed E-state index contributed by atoms with van der Waals surface area (Å²) in [5.41, 5.74) is 4.46. The largest absolute Gasteiger partial charge is 0.497 e. The average Bonchev–Trinajstić information content (AvgIpc) is 3.14. The second kappa shape index (κ2) is 7.87. The monoisotopic (exact) mass is 403 g/mol. The molecule has 2 aromatic carbocycles. The van der Waals surface area contributed by atoms with Gasteiger partial charge in [-0.15, -0.1) is 0 Å². The fraction of sp³-hybridized carbons (Fsp3) is 0.174. The molecular weight excluding hydrogens is 382 g/mol. The maximum Gasteiger partial charge on any atom is 0.259 e. The summed E-state index contributed by atoms with van der Waals surface area (Å²) in [6, 6.07) is 14.9. The summed E-state index contributed by atoms with van der Waals surface area (Å²) in [4.78, 5) is 17.8. The standard InChI is InChI=1S/C23H21N3O4/c1-13-5-7-15(8-6-13)18-12-17(21-14(2)26-30-23(21)25-18)22(27)24-19-11-16(28-3)9-10-20(19)29-4/h5-12H,1-4H3,(H,24,27). The van der Waals surface area contributed by atoms with Gasteiger partial charge in [0.15, 0.2) is 0 Å². The van der Waals surface area contributed by atoms with Crippen molar-refractivity contribution < 1.29 is 18.8 Å². The van der Waals surface area contributed by atoms with E-state index in [1.807, 2.05) is 31.2 Å². The van der Waals surface area contributed by atoms with Crippen molar-refractivity contribution in [3.8, 4) is 22.8 Å². The molecule has 0 spiro atoms. The van der Waals surface area contributed by atoms with Gasteiger partial charge in [0, 0.05) is 11.6 Å². The molecular formula is C23H21N3O4. The molecule has 0 fully saturated rings.